The molecule has 1 atom stereocenters. The van der Waals surface area contributed by atoms with E-state index in [4.69, 9.17) is 5.73 Å². The molecule has 2 aliphatic rings. The number of hydrogen-bond acceptors (Lipinski definition) is 3. The Bertz CT molecular complexity index is 570. The van der Waals surface area contributed by atoms with Crippen LogP contribution >= 0.6 is 11.8 Å². The van der Waals surface area contributed by atoms with Gasteiger partial charge in [0.2, 0.25) is 5.91 Å². The van der Waals surface area contributed by atoms with Crippen LogP contribution in [0.25, 0.3) is 0 Å². The van der Waals surface area contributed by atoms with Crippen molar-refractivity contribution >= 4 is 17.7 Å². The van der Waals surface area contributed by atoms with Gasteiger partial charge in [-0.25, -0.2) is 0 Å². The van der Waals surface area contributed by atoms with Crippen molar-refractivity contribution in [3.8, 4) is 0 Å². The van der Waals surface area contributed by atoms with Crippen LogP contribution in [0.2, 0.25) is 0 Å². The summed E-state index contributed by atoms with van der Waals surface area (Å²) in [6.45, 7) is 5.89. The fourth-order valence-corrected chi connectivity index (χ4v) is 4.32. The molecule has 1 saturated heterocycles. The zero-order valence-electron chi connectivity index (χ0n) is 13.6. The summed E-state index contributed by atoms with van der Waals surface area (Å²) in [7, 11) is 0. The van der Waals surface area contributed by atoms with Gasteiger partial charge in [-0.1, -0.05) is 19.9 Å². The molecule has 1 fully saturated rings. The van der Waals surface area contributed by atoms with E-state index in [0.717, 1.165) is 19.5 Å². The highest BCUT2D eigenvalue weighted by Gasteiger charge is 2.35. The number of fused-ring (bicyclic) bond motifs is 1. The van der Waals surface area contributed by atoms with Gasteiger partial charge in [-0.2, -0.15) is 0 Å². The Morgan fingerprint density at radius 1 is 1.36 bits per heavy atom. The van der Waals surface area contributed by atoms with E-state index < -0.39 is 0 Å². The number of likely N-dealkylation sites (tertiary alicyclic amines) is 1. The van der Waals surface area contributed by atoms with Crippen molar-refractivity contribution in [1.29, 1.82) is 0 Å². The van der Waals surface area contributed by atoms with Crippen molar-refractivity contribution in [1.82, 2.24) is 4.90 Å². The van der Waals surface area contributed by atoms with E-state index in [2.05, 4.69) is 32.0 Å². The van der Waals surface area contributed by atoms with Crippen LogP contribution in [-0.4, -0.2) is 35.7 Å². The summed E-state index contributed by atoms with van der Waals surface area (Å²) in [4.78, 5) is 15.7. The Labute approximate surface area is 137 Å². The quantitative estimate of drug-likeness (QED) is 0.872. The molecule has 22 heavy (non-hydrogen) atoms. The Hall–Kier alpha value is -1.00. The lowest BCUT2D eigenvalue weighted by Crippen LogP contribution is -2.54. The number of aryl methyl sites for hydroxylation is 2. The molecule has 120 valence electrons. The molecule has 4 heteroatoms. The summed E-state index contributed by atoms with van der Waals surface area (Å²) in [5.41, 5.74) is 9.13. The Morgan fingerprint density at radius 3 is 2.91 bits per heavy atom. The average Bonchev–Trinajstić information content (AvgIpc) is 2.95. The number of piperidine rings is 1. The minimum absolute atomic E-state index is 0.0200. The van der Waals surface area contributed by atoms with Crippen molar-refractivity contribution in [2.45, 2.75) is 50.5 Å². The van der Waals surface area contributed by atoms with E-state index in [9.17, 15) is 4.79 Å². The number of carbonyl (C=O) groups is 1. The van der Waals surface area contributed by atoms with Crippen molar-refractivity contribution in [2.75, 3.05) is 18.8 Å². The highest BCUT2D eigenvalue weighted by atomic mass is 32.2. The van der Waals surface area contributed by atoms with Gasteiger partial charge < -0.3 is 10.6 Å². The molecule has 1 aromatic carbocycles. The van der Waals surface area contributed by atoms with E-state index in [1.807, 2.05) is 4.90 Å². The number of thioether (sulfide) groups is 1. The van der Waals surface area contributed by atoms with E-state index in [-0.39, 0.29) is 17.4 Å². The largest absolute Gasteiger partial charge is 0.341 e. The second kappa shape index (κ2) is 6.25. The van der Waals surface area contributed by atoms with Gasteiger partial charge in [-0.3, -0.25) is 4.79 Å². The minimum atomic E-state index is 0.0200. The molecule has 1 aliphatic carbocycles. The van der Waals surface area contributed by atoms with Gasteiger partial charge in [0, 0.05) is 24.0 Å². The van der Waals surface area contributed by atoms with Crippen LogP contribution in [0.4, 0.5) is 0 Å². The first-order valence-corrected chi connectivity index (χ1v) is 9.22. The summed E-state index contributed by atoms with van der Waals surface area (Å²) >= 11 is 1.67. The number of amides is 1. The lowest BCUT2D eigenvalue weighted by Gasteiger charge is -2.42. The van der Waals surface area contributed by atoms with Gasteiger partial charge in [0.25, 0.3) is 0 Å². The summed E-state index contributed by atoms with van der Waals surface area (Å²) in [5, 5.41) is 0. The van der Waals surface area contributed by atoms with Gasteiger partial charge in [0.15, 0.2) is 0 Å². The van der Waals surface area contributed by atoms with Gasteiger partial charge in [0.1, 0.15) is 0 Å². The van der Waals surface area contributed by atoms with Crippen LogP contribution in [0.1, 0.15) is 37.8 Å². The Balaban J connectivity index is 1.56. The molecule has 1 unspecified atom stereocenters. The molecule has 1 aliphatic heterocycles. The molecular formula is C18H26N2OS. The predicted octanol–water partition coefficient (Wildman–Crippen LogP) is 2.85. The fraction of sp³-hybridized carbons (Fsp3) is 0.611. The maximum atomic E-state index is 12.5. The molecule has 2 N–H and O–H groups in total. The number of nitrogens with zero attached hydrogens (tertiary/aromatic N) is 1. The molecule has 1 aromatic rings. The van der Waals surface area contributed by atoms with Crippen LogP contribution in [0, 0.1) is 5.41 Å². The first-order valence-electron chi connectivity index (χ1n) is 8.24. The van der Waals surface area contributed by atoms with Gasteiger partial charge in [0.05, 0.1) is 5.75 Å². The average molecular weight is 318 g/mol. The molecule has 0 aromatic heterocycles. The molecule has 0 saturated carbocycles. The van der Waals surface area contributed by atoms with Crippen molar-refractivity contribution < 1.29 is 4.79 Å². The van der Waals surface area contributed by atoms with Crippen LogP contribution < -0.4 is 5.73 Å². The van der Waals surface area contributed by atoms with E-state index in [1.54, 1.807) is 11.8 Å². The highest BCUT2D eigenvalue weighted by Crippen LogP contribution is 2.30. The topological polar surface area (TPSA) is 46.3 Å². The maximum Gasteiger partial charge on any atom is 0.232 e. The van der Waals surface area contributed by atoms with Gasteiger partial charge in [-0.05, 0) is 54.4 Å². The SMILES string of the molecule is CC1(C)CN(C(=O)CSc2ccc3c(c2)CCC3)CCC1N. The minimum Gasteiger partial charge on any atom is -0.341 e. The number of benzene rings is 1. The third kappa shape index (κ3) is 3.33. The number of hydrogen-bond donors (Lipinski definition) is 1. The molecule has 0 spiro atoms. The summed E-state index contributed by atoms with van der Waals surface area (Å²) < 4.78 is 0. The molecule has 3 nitrogen and oxygen atoms in total. The molecule has 1 heterocycles. The monoisotopic (exact) mass is 318 g/mol. The standard InChI is InChI=1S/C18H26N2OS/c1-18(2)12-20(9-8-16(18)19)17(21)11-22-15-7-6-13-4-3-5-14(13)10-15/h6-7,10,16H,3-5,8-9,11-12,19H2,1-2H3. The number of carbonyl (C=O) groups excluding carboxylic acids is 1. The van der Waals surface area contributed by atoms with E-state index >= 15 is 0 Å². The van der Waals surface area contributed by atoms with Crippen molar-refractivity contribution in [3.05, 3.63) is 29.3 Å². The summed E-state index contributed by atoms with van der Waals surface area (Å²) in [5.74, 6) is 0.773. The zero-order valence-corrected chi connectivity index (χ0v) is 14.4. The second-order valence-electron chi connectivity index (χ2n) is 7.27. The highest BCUT2D eigenvalue weighted by molar-refractivity contribution is 8.00. The third-order valence-corrected chi connectivity index (χ3v) is 6.08. The van der Waals surface area contributed by atoms with Crippen molar-refractivity contribution in [2.24, 2.45) is 11.1 Å². The fourth-order valence-electron chi connectivity index (χ4n) is 3.46. The molecule has 1 amide bonds. The van der Waals surface area contributed by atoms with Crippen molar-refractivity contribution in [3.63, 3.8) is 0 Å². The lowest BCUT2D eigenvalue weighted by molar-refractivity contribution is -0.131. The van der Waals surface area contributed by atoms with Crippen LogP contribution in [0.5, 0.6) is 0 Å². The van der Waals surface area contributed by atoms with Crippen LogP contribution in [0.15, 0.2) is 23.1 Å². The van der Waals surface area contributed by atoms with Crippen LogP contribution in [0.3, 0.4) is 0 Å². The van der Waals surface area contributed by atoms with E-state index in [1.165, 1.54) is 35.3 Å². The normalized spacial score (nSPS) is 23.4. The van der Waals surface area contributed by atoms with Gasteiger partial charge in [-0.15, -0.1) is 11.8 Å². The Morgan fingerprint density at radius 2 is 2.14 bits per heavy atom. The smallest absolute Gasteiger partial charge is 0.232 e. The molecule has 0 radical (unpaired) electrons. The number of nitrogens with two attached hydrogens (primary N) is 1. The molecule has 3 rings (SSSR count). The summed E-state index contributed by atoms with van der Waals surface area (Å²) in [6.07, 6.45) is 4.58. The second-order valence-corrected chi connectivity index (χ2v) is 8.32. The molecular weight excluding hydrogens is 292 g/mol. The van der Waals surface area contributed by atoms with E-state index in [0.29, 0.717) is 5.75 Å². The Kier molecular flexibility index (Phi) is 4.51. The predicted molar refractivity (Wildman–Crippen MR) is 92.1 cm³/mol. The summed E-state index contributed by atoms with van der Waals surface area (Å²) in [6, 6.07) is 6.87. The first kappa shape index (κ1) is 15.9. The first-order chi connectivity index (χ1) is 10.5. The number of rotatable bonds is 3. The van der Waals surface area contributed by atoms with Gasteiger partial charge >= 0.3 is 0 Å². The zero-order chi connectivity index (χ0) is 15.7. The molecule has 0 bridgehead atoms. The van der Waals surface area contributed by atoms with Crippen LogP contribution in [-0.2, 0) is 17.6 Å². The maximum absolute atomic E-state index is 12.5. The third-order valence-electron chi connectivity index (χ3n) is 5.10. The lowest BCUT2D eigenvalue weighted by atomic mass is 9.80.